The van der Waals surface area contributed by atoms with Gasteiger partial charge >= 0.3 is 0 Å². The van der Waals surface area contributed by atoms with Crippen molar-refractivity contribution in [2.24, 2.45) is 0 Å². The number of fused-ring (bicyclic) bond motifs is 1. The van der Waals surface area contributed by atoms with Gasteiger partial charge < -0.3 is 10.1 Å². The SMILES string of the molecule is COc1ccccc1C(C)CNc1nc2c(cnn2C(C)(C)C)c(=O)[nH]1. The number of ether oxygens (including phenoxy) is 1. The molecule has 0 saturated carbocycles. The van der Waals surface area contributed by atoms with Crippen LogP contribution < -0.4 is 15.6 Å². The van der Waals surface area contributed by atoms with E-state index in [4.69, 9.17) is 4.74 Å². The van der Waals surface area contributed by atoms with Crippen LogP contribution in [0.4, 0.5) is 5.95 Å². The Kier molecular flexibility index (Phi) is 4.71. The van der Waals surface area contributed by atoms with Crippen LogP contribution in [-0.4, -0.2) is 33.4 Å². The average molecular weight is 355 g/mol. The maximum absolute atomic E-state index is 12.3. The zero-order valence-corrected chi connectivity index (χ0v) is 15.8. The van der Waals surface area contributed by atoms with Gasteiger partial charge in [0.2, 0.25) is 5.95 Å². The second-order valence-electron chi connectivity index (χ2n) is 7.40. The Hall–Kier alpha value is -2.83. The molecule has 26 heavy (non-hydrogen) atoms. The van der Waals surface area contributed by atoms with Crippen LogP contribution in [-0.2, 0) is 5.54 Å². The summed E-state index contributed by atoms with van der Waals surface area (Å²) in [4.78, 5) is 19.7. The number of nitrogens with zero attached hydrogens (tertiary/aromatic N) is 3. The van der Waals surface area contributed by atoms with Crippen molar-refractivity contribution in [3.05, 3.63) is 46.4 Å². The summed E-state index contributed by atoms with van der Waals surface area (Å²) in [6.45, 7) is 8.79. The van der Waals surface area contributed by atoms with E-state index in [-0.39, 0.29) is 17.0 Å². The first kappa shape index (κ1) is 18.0. The third-order valence-electron chi connectivity index (χ3n) is 4.32. The molecule has 1 unspecified atom stereocenters. The predicted molar refractivity (Wildman–Crippen MR) is 103 cm³/mol. The summed E-state index contributed by atoms with van der Waals surface area (Å²) in [6, 6.07) is 7.92. The average Bonchev–Trinajstić information content (AvgIpc) is 3.04. The summed E-state index contributed by atoms with van der Waals surface area (Å²) in [5.74, 6) is 1.47. The van der Waals surface area contributed by atoms with Crippen molar-refractivity contribution in [1.29, 1.82) is 0 Å². The molecule has 0 aliphatic rings. The fourth-order valence-electron chi connectivity index (χ4n) is 2.93. The van der Waals surface area contributed by atoms with Gasteiger partial charge in [0.1, 0.15) is 11.1 Å². The third kappa shape index (κ3) is 3.42. The fourth-order valence-corrected chi connectivity index (χ4v) is 2.93. The number of anilines is 1. The van der Waals surface area contributed by atoms with Crippen molar-refractivity contribution >= 4 is 17.0 Å². The Bertz CT molecular complexity index is 968. The summed E-state index contributed by atoms with van der Waals surface area (Å²) < 4.78 is 7.20. The lowest BCUT2D eigenvalue weighted by molar-refractivity contribution is 0.366. The highest BCUT2D eigenvalue weighted by molar-refractivity contribution is 5.74. The minimum absolute atomic E-state index is 0.180. The largest absolute Gasteiger partial charge is 0.496 e. The van der Waals surface area contributed by atoms with Crippen LogP contribution in [0.25, 0.3) is 11.0 Å². The maximum Gasteiger partial charge on any atom is 0.263 e. The first-order chi connectivity index (χ1) is 12.3. The van der Waals surface area contributed by atoms with Crippen LogP contribution in [0.15, 0.2) is 35.3 Å². The predicted octanol–water partition coefficient (Wildman–Crippen LogP) is 3.10. The van der Waals surface area contributed by atoms with Crippen molar-refractivity contribution in [1.82, 2.24) is 19.7 Å². The first-order valence-corrected chi connectivity index (χ1v) is 8.66. The maximum atomic E-state index is 12.3. The lowest BCUT2D eigenvalue weighted by Gasteiger charge is -2.20. The van der Waals surface area contributed by atoms with Crippen molar-refractivity contribution in [2.75, 3.05) is 19.0 Å². The molecule has 0 aliphatic carbocycles. The molecule has 138 valence electrons. The van der Waals surface area contributed by atoms with Crippen LogP contribution in [0, 0.1) is 0 Å². The molecule has 0 amide bonds. The molecule has 0 bridgehead atoms. The number of methoxy groups -OCH3 is 1. The van der Waals surface area contributed by atoms with Gasteiger partial charge in [-0.05, 0) is 32.4 Å². The van der Waals surface area contributed by atoms with Crippen LogP contribution in [0.2, 0.25) is 0 Å². The summed E-state index contributed by atoms with van der Waals surface area (Å²) in [5, 5.41) is 8.05. The topological polar surface area (TPSA) is 84.8 Å². The Morgan fingerprint density at radius 1 is 1.31 bits per heavy atom. The molecule has 1 aromatic carbocycles. The zero-order valence-electron chi connectivity index (χ0n) is 15.8. The highest BCUT2D eigenvalue weighted by atomic mass is 16.5. The van der Waals surface area contributed by atoms with E-state index >= 15 is 0 Å². The van der Waals surface area contributed by atoms with Crippen molar-refractivity contribution in [3.8, 4) is 5.75 Å². The lowest BCUT2D eigenvalue weighted by atomic mass is 10.0. The molecule has 2 aromatic heterocycles. The first-order valence-electron chi connectivity index (χ1n) is 8.66. The van der Waals surface area contributed by atoms with E-state index in [0.29, 0.717) is 23.5 Å². The van der Waals surface area contributed by atoms with E-state index in [0.717, 1.165) is 11.3 Å². The normalized spacial score (nSPS) is 13.0. The standard InChI is InChI=1S/C19H25N5O2/c1-12(13-8-6-7-9-15(13)26-5)10-20-18-22-16-14(17(25)23-18)11-21-24(16)19(2,3)4/h6-9,11-12H,10H2,1-5H3,(H2,20,22,23,25). The highest BCUT2D eigenvalue weighted by Gasteiger charge is 2.20. The van der Waals surface area contributed by atoms with Crippen LogP contribution >= 0.6 is 0 Å². The van der Waals surface area contributed by atoms with Crippen LogP contribution in [0.5, 0.6) is 5.75 Å². The number of hydrogen-bond donors (Lipinski definition) is 2. The quantitative estimate of drug-likeness (QED) is 0.735. The van der Waals surface area contributed by atoms with Gasteiger partial charge in [-0.1, -0.05) is 25.1 Å². The second-order valence-corrected chi connectivity index (χ2v) is 7.40. The van der Waals surface area contributed by atoms with Gasteiger partial charge in [-0.3, -0.25) is 9.78 Å². The molecule has 7 heteroatoms. The Morgan fingerprint density at radius 2 is 2.04 bits per heavy atom. The van der Waals surface area contributed by atoms with Crippen molar-refractivity contribution in [3.63, 3.8) is 0 Å². The molecule has 3 rings (SSSR count). The molecular formula is C19H25N5O2. The van der Waals surface area contributed by atoms with E-state index in [9.17, 15) is 4.79 Å². The lowest BCUT2D eigenvalue weighted by Crippen LogP contribution is -2.24. The summed E-state index contributed by atoms with van der Waals surface area (Å²) in [6.07, 6.45) is 1.56. The molecule has 0 saturated heterocycles. The number of rotatable bonds is 5. The minimum atomic E-state index is -0.259. The molecule has 0 spiro atoms. The third-order valence-corrected chi connectivity index (χ3v) is 4.32. The van der Waals surface area contributed by atoms with Crippen LogP contribution in [0.1, 0.15) is 39.2 Å². The Labute approximate surface area is 152 Å². The number of aromatic nitrogens is 4. The van der Waals surface area contributed by atoms with Gasteiger partial charge in [-0.2, -0.15) is 10.1 Å². The minimum Gasteiger partial charge on any atom is -0.496 e. The smallest absolute Gasteiger partial charge is 0.263 e. The molecule has 3 aromatic rings. The molecule has 2 N–H and O–H groups in total. The number of benzene rings is 1. The summed E-state index contributed by atoms with van der Waals surface area (Å²) in [5.41, 5.74) is 1.22. The molecule has 0 radical (unpaired) electrons. The number of hydrogen-bond acceptors (Lipinski definition) is 5. The van der Waals surface area contributed by atoms with Gasteiger partial charge in [-0.25, -0.2) is 4.68 Å². The van der Waals surface area contributed by atoms with E-state index in [1.807, 2.05) is 45.0 Å². The molecule has 0 fully saturated rings. The molecule has 0 aliphatic heterocycles. The summed E-state index contributed by atoms with van der Waals surface area (Å²) >= 11 is 0. The second kappa shape index (κ2) is 6.82. The highest BCUT2D eigenvalue weighted by Crippen LogP contribution is 2.26. The van der Waals surface area contributed by atoms with E-state index < -0.39 is 0 Å². The number of H-pyrrole nitrogens is 1. The fraction of sp³-hybridized carbons (Fsp3) is 0.421. The molecular weight excluding hydrogens is 330 g/mol. The van der Waals surface area contributed by atoms with Gasteiger partial charge in [0.25, 0.3) is 5.56 Å². The summed E-state index contributed by atoms with van der Waals surface area (Å²) in [7, 11) is 1.67. The molecule has 7 nitrogen and oxygen atoms in total. The monoisotopic (exact) mass is 355 g/mol. The van der Waals surface area contributed by atoms with Crippen molar-refractivity contribution < 1.29 is 4.74 Å². The van der Waals surface area contributed by atoms with Crippen LogP contribution in [0.3, 0.4) is 0 Å². The number of para-hydroxylation sites is 1. The van der Waals surface area contributed by atoms with E-state index in [1.165, 1.54) is 0 Å². The van der Waals surface area contributed by atoms with Gasteiger partial charge in [-0.15, -0.1) is 0 Å². The Balaban J connectivity index is 1.86. The Morgan fingerprint density at radius 3 is 2.73 bits per heavy atom. The molecule has 1 atom stereocenters. The van der Waals surface area contributed by atoms with E-state index in [1.54, 1.807) is 18.0 Å². The van der Waals surface area contributed by atoms with Gasteiger partial charge in [0, 0.05) is 12.5 Å². The van der Waals surface area contributed by atoms with Gasteiger partial charge in [0.15, 0.2) is 5.65 Å². The number of nitrogens with one attached hydrogen (secondary N) is 2. The van der Waals surface area contributed by atoms with Gasteiger partial charge in [0.05, 0.1) is 18.8 Å². The zero-order chi connectivity index (χ0) is 18.9. The van der Waals surface area contributed by atoms with E-state index in [2.05, 4.69) is 27.3 Å². The number of aromatic amines is 1. The van der Waals surface area contributed by atoms with Crippen molar-refractivity contribution in [2.45, 2.75) is 39.2 Å². The molecule has 2 heterocycles.